The molecule has 0 aliphatic carbocycles. The van der Waals surface area contributed by atoms with Gasteiger partial charge in [-0.1, -0.05) is 13.8 Å². The first-order chi connectivity index (χ1) is 7.42. The molecule has 1 amide bonds. The van der Waals surface area contributed by atoms with Gasteiger partial charge in [-0.05, 0) is 0 Å². The molecule has 0 aromatic heterocycles. The third-order valence-electron chi connectivity index (χ3n) is 2.31. The Labute approximate surface area is 96.4 Å². The van der Waals surface area contributed by atoms with Crippen molar-refractivity contribution in [1.29, 1.82) is 0 Å². The van der Waals surface area contributed by atoms with Crippen LogP contribution in [0.5, 0.6) is 0 Å². The van der Waals surface area contributed by atoms with Crippen LogP contribution in [-0.2, 0) is 14.8 Å². The molecule has 0 unspecified atom stereocenters. The van der Waals surface area contributed by atoms with Gasteiger partial charge in [-0.2, -0.15) is 4.31 Å². The standard InChI is InChI=1S/C9H19N3O3S/c1-8(2)10-4-6-16(14,15)12-5-3-11-9(13)7-12/h8,10H,3-7H2,1-2H3,(H,11,13). The predicted molar refractivity (Wildman–Crippen MR) is 61.5 cm³/mol. The summed E-state index contributed by atoms with van der Waals surface area (Å²) >= 11 is 0. The summed E-state index contributed by atoms with van der Waals surface area (Å²) in [5.74, 6) is -0.190. The molecule has 0 saturated carbocycles. The molecular weight excluding hydrogens is 230 g/mol. The Hall–Kier alpha value is -0.660. The van der Waals surface area contributed by atoms with Gasteiger partial charge in [-0.3, -0.25) is 4.79 Å². The molecule has 1 rings (SSSR count). The molecule has 0 aromatic rings. The van der Waals surface area contributed by atoms with Crippen molar-refractivity contribution in [3.8, 4) is 0 Å². The van der Waals surface area contributed by atoms with E-state index in [0.717, 1.165) is 0 Å². The lowest BCUT2D eigenvalue weighted by atomic mass is 10.4. The molecular formula is C9H19N3O3S. The number of hydrogen-bond donors (Lipinski definition) is 2. The van der Waals surface area contributed by atoms with Gasteiger partial charge in [0.2, 0.25) is 15.9 Å². The highest BCUT2D eigenvalue weighted by Crippen LogP contribution is 2.03. The molecule has 1 aliphatic rings. The van der Waals surface area contributed by atoms with E-state index < -0.39 is 10.0 Å². The van der Waals surface area contributed by atoms with Crippen LogP contribution in [0.2, 0.25) is 0 Å². The van der Waals surface area contributed by atoms with Crippen LogP contribution in [-0.4, -0.2) is 56.6 Å². The normalized spacial score (nSPS) is 18.8. The number of amides is 1. The van der Waals surface area contributed by atoms with Crippen molar-refractivity contribution in [3.63, 3.8) is 0 Å². The van der Waals surface area contributed by atoms with Crippen molar-refractivity contribution < 1.29 is 13.2 Å². The summed E-state index contributed by atoms with van der Waals surface area (Å²) in [5.41, 5.74) is 0. The Balaban J connectivity index is 2.46. The molecule has 0 aromatic carbocycles. The number of carbonyl (C=O) groups excluding carboxylic acids is 1. The fourth-order valence-electron chi connectivity index (χ4n) is 1.46. The van der Waals surface area contributed by atoms with Crippen LogP contribution < -0.4 is 10.6 Å². The largest absolute Gasteiger partial charge is 0.354 e. The molecule has 0 bridgehead atoms. The number of nitrogens with one attached hydrogen (secondary N) is 2. The maximum Gasteiger partial charge on any atom is 0.235 e. The molecule has 0 atom stereocenters. The summed E-state index contributed by atoms with van der Waals surface area (Å²) in [6.45, 7) is 5.05. The van der Waals surface area contributed by atoms with E-state index in [0.29, 0.717) is 19.6 Å². The van der Waals surface area contributed by atoms with E-state index in [2.05, 4.69) is 10.6 Å². The van der Waals surface area contributed by atoms with E-state index in [4.69, 9.17) is 0 Å². The summed E-state index contributed by atoms with van der Waals surface area (Å²) in [6.07, 6.45) is 0. The predicted octanol–water partition coefficient (Wildman–Crippen LogP) is -1.25. The summed E-state index contributed by atoms with van der Waals surface area (Å²) in [5, 5.41) is 5.64. The Morgan fingerprint density at radius 2 is 2.19 bits per heavy atom. The van der Waals surface area contributed by atoms with Crippen LogP contribution in [0.1, 0.15) is 13.8 Å². The van der Waals surface area contributed by atoms with Gasteiger partial charge in [0, 0.05) is 25.7 Å². The molecule has 1 fully saturated rings. The Morgan fingerprint density at radius 1 is 1.50 bits per heavy atom. The lowest BCUT2D eigenvalue weighted by Gasteiger charge is -2.26. The Bertz CT molecular complexity index is 340. The van der Waals surface area contributed by atoms with Crippen LogP contribution in [0.25, 0.3) is 0 Å². The number of hydrogen-bond acceptors (Lipinski definition) is 4. The second kappa shape index (κ2) is 5.60. The quantitative estimate of drug-likeness (QED) is 0.638. The summed E-state index contributed by atoms with van der Waals surface area (Å²) in [7, 11) is -3.30. The molecule has 6 nitrogen and oxygen atoms in total. The van der Waals surface area contributed by atoms with Gasteiger partial charge in [-0.25, -0.2) is 8.42 Å². The molecule has 1 aliphatic heterocycles. The van der Waals surface area contributed by atoms with E-state index >= 15 is 0 Å². The van der Waals surface area contributed by atoms with E-state index in [1.807, 2.05) is 13.8 Å². The van der Waals surface area contributed by atoms with Crippen LogP contribution in [0, 0.1) is 0 Å². The first kappa shape index (κ1) is 13.4. The number of rotatable bonds is 5. The van der Waals surface area contributed by atoms with Gasteiger partial charge in [0.15, 0.2) is 0 Å². The highest BCUT2D eigenvalue weighted by molar-refractivity contribution is 7.89. The second-order valence-corrected chi connectivity index (χ2v) is 6.20. The lowest BCUT2D eigenvalue weighted by Crippen LogP contribution is -2.51. The van der Waals surface area contributed by atoms with Crippen LogP contribution >= 0.6 is 0 Å². The van der Waals surface area contributed by atoms with Crippen molar-refractivity contribution in [2.24, 2.45) is 0 Å². The molecule has 1 heterocycles. The van der Waals surface area contributed by atoms with Crippen LogP contribution in [0.15, 0.2) is 0 Å². The minimum Gasteiger partial charge on any atom is -0.354 e. The SMILES string of the molecule is CC(C)NCCS(=O)(=O)N1CCNC(=O)C1. The fourth-order valence-corrected chi connectivity index (χ4v) is 2.78. The van der Waals surface area contributed by atoms with E-state index in [9.17, 15) is 13.2 Å². The van der Waals surface area contributed by atoms with Crippen LogP contribution in [0.3, 0.4) is 0 Å². The van der Waals surface area contributed by atoms with Crippen molar-refractivity contribution >= 4 is 15.9 Å². The van der Waals surface area contributed by atoms with E-state index in [1.54, 1.807) is 0 Å². The zero-order valence-electron chi connectivity index (χ0n) is 9.69. The fraction of sp³-hybridized carbons (Fsp3) is 0.889. The van der Waals surface area contributed by atoms with Crippen molar-refractivity contribution in [1.82, 2.24) is 14.9 Å². The maximum absolute atomic E-state index is 11.8. The molecule has 0 radical (unpaired) electrons. The highest BCUT2D eigenvalue weighted by Gasteiger charge is 2.26. The van der Waals surface area contributed by atoms with Gasteiger partial charge in [0.1, 0.15) is 0 Å². The number of piperazine rings is 1. The Kier molecular flexibility index (Phi) is 4.69. The first-order valence-corrected chi connectivity index (χ1v) is 7.00. The topological polar surface area (TPSA) is 78.5 Å². The average Bonchev–Trinajstić information content (AvgIpc) is 2.16. The van der Waals surface area contributed by atoms with Crippen molar-refractivity contribution in [3.05, 3.63) is 0 Å². The van der Waals surface area contributed by atoms with Crippen molar-refractivity contribution in [2.45, 2.75) is 19.9 Å². The van der Waals surface area contributed by atoms with E-state index in [1.165, 1.54) is 4.31 Å². The third kappa shape index (κ3) is 4.07. The minimum absolute atomic E-state index is 0.0401. The molecule has 94 valence electrons. The molecule has 0 spiro atoms. The van der Waals surface area contributed by atoms with Gasteiger partial charge in [-0.15, -0.1) is 0 Å². The molecule has 7 heteroatoms. The summed E-state index contributed by atoms with van der Waals surface area (Å²) in [6, 6.07) is 0.264. The highest BCUT2D eigenvalue weighted by atomic mass is 32.2. The minimum atomic E-state index is -3.30. The van der Waals surface area contributed by atoms with Crippen molar-refractivity contribution in [2.75, 3.05) is 31.9 Å². The molecule has 16 heavy (non-hydrogen) atoms. The average molecular weight is 249 g/mol. The molecule has 1 saturated heterocycles. The Morgan fingerprint density at radius 3 is 2.75 bits per heavy atom. The zero-order chi connectivity index (χ0) is 12.2. The van der Waals surface area contributed by atoms with Gasteiger partial charge in [0.05, 0.1) is 12.3 Å². The lowest BCUT2D eigenvalue weighted by molar-refractivity contribution is -0.122. The number of nitrogens with zero attached hydrogens (tertiary/aromatic N) is 1. The van der Waals surface area contributed by atoms with Gasteiger partial charge in [0.25, 0.3) is 0 Å². The molecule has 2 N–H and O–H groups in total. The van der Waals surface area contributed by atoms with E-state index in [-0.39, 0.29) is 24.2 Å². The van der Waals surface area contributed by atoms with Crippen LogP contribution in [0.4, 0.5) is 0 Å². The summed E-state index contributed by atoms with van der Waals surface area (Å²) in [4.78, 5) is 11.1. The first-order valence-electron chi connectivity index (χ1n) is 5.40. The third-order valence-corrected chi connectivity index (χ3v) is 4.13. The monoisotopic (exact) mass is 249 g/mol. The smallest absolute Gasteiger partial charge is 0.235 e. The second-order valence-electron chi connectivity index (χ2n) is 4.11. The van der Waals surface area contributed by atoms with Gasteiger partial charge >= 0.3 is 0 Å². The number of sulfonamides is 1. The maximum atomic E-state index is 11.8. The summed E-state index contributed by atoms with van der Waals surface area (Å²) < 4.78 is 24.9. The van der Waals surface area contributed by atoms with Gasteiger partial charge < -0.3 is 10.6 Å². The number of carbonyl (C=O) groups is 1. The zero-order valence-corrected chi connectivity index (χ0v) is 10.5.